The molecule has 0 aliphatic heterocycles. The number of nitrogens with zero attached hydrogens (tertiary/aromatic N) is 4. The van der Waals surface area contributed by atoms with Crippen LogP contribution in [0.15, 0.2) is 76.2 Å². The number of benzene rings is 2. The van der Waals surface area contributed by atoms with Gasteiger partial charge >= 0.3 is 0 Å². The van der Waals surface area contributed by atoms with Crippen molar-refractivity contribution in [2.24, 2.45) is 0 Å². The van der Waals surface area contributed by atoms with Crippen molar-refractivity contribution in [1.82, 2.24) is 19.7 Å². The highest BCUT2D eigenvalue weighted by Gasteiger charge is 2.19. The number of carbonyl (C=O) groups excluding carboxylic acids is 1. The number of hydrogen-bond donors (Lipinski definition) is 1. The Morgan fingerprint density at radius 2 is 1.80 bits per heavy atom. The fourth-order valence-corrected chi connectivity index (χ4v) is 3.88. The molecular weight excluding hydrogens is 466 g/mol. The van der Waals surface area contributed by atoms with Gasteiger partial charge in [-0.25, -0.2) is 4.98 Å². The quantitative estimate of drug-likeness (QED) is 0.375. The van der Waals surface area contributed by atoms with E-state index in [1.165, 1.54) is 6.20 Å². The molecule has 0 atom stereocenters. The van der Waals surface area contributed by atoms with E-state index in [2.05, 4.69) is 20.4 Å². The normalized spacial score (nSPS) is 11.1. The minimum Gasteiger partial charge on any atom is -0.333 e. The van der Waals surface area contributed by atoms with Crippen molar-refractivity contribution in [3.05, 3.63) is 93.4 Å². The van der Waals surface area contributed by atoms with Gasteiger partial charge in [0.05, 0.1) is 16.1 Å². The number of rotatable bonds is 5. The number of nitrogens with one attached hydrogen (secondary N) is 1. The number of halogens is 1. The van der Waals surface area contributed by atoms with E-state index < -0.39 is 0 Å². The van der Waals surface area contributed by atoms with Crippen molar-refractivity contribution in [2.75, 3.05) is 5.32 Å². The standard InChI is InChI=1S/C26H20ClN5O3/c1-15-7-10-17(11-8-15)24-30-26(35-31-24)19-13-32(25-18(23(19)34)12-9-16(2)28-25)14-22(33)29-21-6-4-3-5-20(21)27/h3-13H,14H2,1-2H3,(H,29,33). The molecule has 174 valence electrons. The molecule has 3 aromatic heterocycles. The zero-order chi connectivity index (χ0) is 24.5. The average Bonchev–Trinajstić information content (AvgIpc) is 3.33. The van der Waals surface area contributed by atoms with Crippen molar-refractivity contribution in [3.8, 4) is 22.8 Å². The summed E-state index contributed by atoms with van der Waals surface area (Å²) >= 11 is 6.17. The molecule has 3 heterocycles. The van der Waals surface area contributed by atoms with Crippen LogP contribution in [0.5, 0.6) is 0 Å². The number of hydrogen-bond acceptors (Lipinski definition) is 6. The Labute approximate surface area is 205 Å². The molecular formula is C26H20ClN5O3. The minimum atomic E-state index is -0.330. The first-order valence-corrected chi connectivity index (χ1v) is 11.2. The van der Waals surface area contributed by atoms with Crippen molar-refractivity contribution in [3.63, 3.8) is 0 Å². The fraction of sp³-hybridized carbons (Fsp3) is 0.115. The topological polar surface area (TPSA) is 103 Å². The van der Waals surface area contributed by atoms with Gasteiger partial charge in [0.25, 0.3) is 5.89 Å². The van der Waals surface area contributed by atoms with Crippen LogP contribution in [0.2, 0.25) is 5.02 Å². The molecule has 0 aliphatic rings. The van der Waals surface area contributed by atoms with Crippen LogP contribution in [0.25, 0.3) is 33.9 Å². The summed E-state index contributed by atoms with van der Waals surface area (Å²) in [5, 5.41) is 7.60. The molecule has 35 heavy (non-hydrogen) atoms. The maximum atomic E-state index is 13.3. The van der Waals surface area contributed by atoms with Gasteiger partial charge < -0.3 is 14.4 Å². The van der Waals surface area contributed by atoms with Crippen LogP contribution in [0.3, 0.4) is 0 Å². The summed E-state index contributed by atoms with van der Waals surface area (Å²) in [6, 6.07) is 18.0. The Bertz CT molecular complexity index is 1620. The summed E-state index contributed by atoms with van der Waals surface area (Å²) in [7, 11) is 0. The number of aryl methyl sites for hydroxylation is 2. The van der Waals surface area contributed by atoms with Gasteiger partial charge in [-0.15, -0.1) is 0 Å². The molecule has 0 saturated carbocycles. The monoisotopic (exact) mass is 485 g/mol. The van der Waals surface area contributed by atoms with E-state index in [1.807, 2.05) is 38.1 Å². The van der Waals surface area contributed by atoms with Gasteiger partial charge in [-0.2, -0.15) is 4.98 Å². The largest absolute Gasteiger partial charge is 0.333 e. The van der Waals surface area contributed by atoms with Crippen molar-refractivity contribution >= 4 is 34.2 Å². The molecule has 5 aromatic rings. The minimum absolute atomic E-state index is 0.0633. The third-order valence-corrected chi connectivity index (χ3v) is 5.82. The van der Waals surface area contributed by atoms with Gasteiger partial charge in [-0.3, -0.25) is 9.59 Å². The van der Waals surface area contributed by atoms with Gasteiger partial charge in [-0.05, 0) is 38.1 Å². The first-order valence-electron chi connectivity index (χ1n) is 10.9. The second kappa shape index (κ2) is 9.15. The number of carbonyl (C=O) groups is 1. The van der Waals surface area contributed by atoms with Crippen molar-refractivity contribution < 1.29 is 9.32 Å². The Morgan fingerprint density at radius 1 is 1.03 bits per heavy atom. The molecule has 0 spiro atoms. The summed E-state index contributed by atoms with van der Waals surface area (Å²) in [6.07, 6.45) is 1.52. The predicted octanol–water partition coefficient (Wildman–Crippen LogP) is 5.02. The molecule has 0 aliphatic carbocycles. The Hall–Kier alpha value is -4.30. The lowest BCUT2D eigenvalue weighted by Crippen LogP contribution is -2.22. The molecule has 0 radical (unpaired) electrons. The Kier molecular flexibility index (Phi) is 5.88. The highest BCUT2D eigenvalue weighted by atomic mass is 35.5. The second-order valence-electron chi connectivity index (χ2n) is 8.14. The number of aromatic nitrogens is 4. The molecule has 5 rings (SSSR count). The number of anilines is 1. The molecule has 8 nitrogen and oxygen atoms in total. The van der Waals surface area contributed by atoms with Gasteiger partial charge in [-0.1, -0.05) is 58.7 Å². The fourth-order valence-electron chi connectivity index (χ4n) is 3.69. The van der Waals surface area contributed by atoms with E-state index in [0.717, 1.165) is 11.1 Å². The van der Waals surface area contributed by atoms with Crippen LogP contribution in [0, 0.1) is 13.8 Å². The maximum absolute atomic E-state index is 13.3. The zero-order valence-corrected chi connectivity index (χ0v) is 19.7. The first kappa shape index (κ1) is 22.5. The summed E-state index contributed by atoms with van der Waals surface area (Å²) in [5.41, 5.74) is 3.33. The lowest BCUT2D eigenvalue weighted by atomic mass is 10.1. The van der Waals surface area contributed by atoms with Crippen molar-refractivity contribution in [1.29, 1.82) is 0 Å². The lowest BCUT2D eigenvalue weighted by molar-refractivity contribution is -0.116. The number of pyridine rings is 2. The molecule has 2 aromatic carbocycles. The average molecular weight is 486 g/mol. The smallest absolute Gasteiger partial charge is 0.263 e. The van der Waals surface area contributed by atoms with Crippen molar-refractivity contribution in [2.45, 2.75) is 20.4 Å². The van der Waals surface area contributed by atoms with Gasteiger partial charge in [0, 0.05) is 17.5 Å². The first-order chi connectivity index (χ1) is 16.9. The van der Waals surface area contributed by atoms with Gasteiger partial charge in [0.2, 0.25) is 17.2 Å². The summed E-state index contributed by atoms with van der Waals surface area (Å²) < 4.78 is 7.05. The number of para-hydroxylation sites is 1. The molecule has 0 bridgehead atoms. The third kappa shape index (κ3) is 4.56. The molecule has 1 N–H and O–H groups in total. The van der Waals surface area contributed by atoms with Gasteiger partial charge in [0.15, 0.2) is 0 Å². The number of fused-ring (bicyclic) bond motifs is 1. The SMILES string of the molecule is Cc1ccc(-c2noc(-c3cn(CC(=O)Nc4ccccc4Cl)c4nc(C)ccc4c3=O)n2)cc1. The van der Waals surface area contributed by atoms with E-state index in [9.17, 15) is 9.59 Å². The Morgan fingerprint density at radius 3 is 2.57 bits per heavy atom. The predicted molar refractivity (Wildman–Crippen MR) is 134 cm³/mol. The molecule has 0 unspecified atom stereocenters. The molecule has 9 heteroatoms. The molecule has 0 fully saturated rings. The van der Waals surface area contributed by atoms with Crippen LogP contribution in [-0.4, -0.2) is 25.6 Å². The highest BCUT2D eigenvalue weighted by molar-refractivity contribution is 6.33. The van der Waals surface area contributed by atoms with Crippen LogP contribution in [-0.2, 0) is 11.3 Å². The third-order valence-electron chi connectivity index (χ3n) is 5.49. The number of amides is 1. The zero-order valence-electron chi connectivity index (χ0n) is 18.9. The van der Waals surface area contributed by atoms with E-state index in [-0.39, 0.29) is 29.3 Å². The lowest BCUT2D eigenvalue weighted by Gasteiger charge is -2.13. The van der Waals surface area contributed by atoms with E-state index in [4.69, 9.17) is 16.1 Å². The van der Waals surface area contributed by atoms with Gasteiger partial charge in [0.1, 0.15) is 17.8 Å². The summed E-state index contributed by atoms with van der Waals surface area (Å²) in [5.74, 6) is 0.0982. The molecule has 0 saturated heterocycles. The summed E-state index contributed by atoms with van der Waals surface area (Å²) in [6.45, 7) is 3.70. The highest BCUT2D eigenvalue weighted by Crippen LogP contribution is 2.24. The van der Waals surface area contributed by atoms with Crippen LogP contribution >= 0.6 is 11.6 Å². The van der Waals surface area contributed by atoms with E-state index >= 15 is 0 Å². The van der Waals surface area contributed by atoms with E-state index in [0.29, 0.717) is 33.3 Å². The molecule has 1 amide bonds. The summed E-state index contributed by atoms with van der Waals surface area (Å²) in [4.78, 5) is 35.1. The van der Waals surface area contributed by atoms with Crippen LogP contribution in [0.1, 0.15) is 11.3 Å². The van der Waals surface area contributed by atoms with Crippen LogP contribution < -0.4 is 10.7 Å². The Balaban J connectivity index is 1.56. The maximum Gasteiger partial charge on any atom is 0.263 e. The van der Waals surface area contributed by atoms with Crippen LogP contribution in [0.4, 0.5) is 5.69 Å². The second-order valence-corrected chi connectivity index (χ2v) is 8.55. The van der Waals surface area contributed by atoms with E-state index in [1.54, 1.807) is 41.0 Å².